The van der Waals surface area contributed by atoms with Crippen LogP contribution in [0.3, 0.4) is 0 Å². The summed E-state index contributed by atoms with van der Waals surface area (Å²) < 4.78 is 18.3. The molecule has 1 unspecified atom stereocenters. The van der Waals surface area contributed by atoms with Gasteiger partial charge in [0.2, 0.25) is 5.91 Å². The minimum absolute atomic E-state index is 0.163. The molecule has 0 aliphatic heterocycles. The zero-order valence-corrected chi connectivity index (χ0v) is 11.0. The van der Waals surface area contributed by atoms with Gasteiger partial charge in [-0.05, 0) is 18.6 Å². The number of carboxylic acid groups (broad SMARTS) is 1. The molecule has 1 atom stereocenters. The van der Waals surface area contributed by atoms with Gasteiger partial charge < -0.3 is 14.7 Å². The molecule has 0 radical (unpaired) electrons. The molecule has 0 bridgehead atoms. The first-order valence-electron chi connectivity index (χ1n) is 5.76. The summed E-state index contributed by atoms with van der Waals surface area (Å²) in [5, 5.41) is 8.97. The molecule has 0 saturated heterocycles. The molecular formula is C13H16FNO4. The Balaban J connectivity index is 3.12. The topological polar surface area (TPSA) is 66.8 Å². The zero-order chi connectivity index (χ0) is 14.6. The summed E-state index contributed by atoms with van der Waals surface area (Å²) in [7, 11) is 2.79. The van der Waals surface area contributed by atoms with E-state index in [1.54, 1.807) is 6.92 Å². The number of ether oxygens (including phenoxy) is 1. The monoisotopic (exact) mass is 269 g/mol. The van der Waals surface area contributed by atoms with Crippen LogP contribution >= 0.6 is 0 Å². The molecule has 104 valence electrons. The van der Waals surface area contributed by atoms with Gasteiger partial charge in [-0.15, -0.1) is 0 Å². The van der Waals surface area contributed by atoms with Crippen molar-refractivity contribution in [3.63, 3.8) is 0 Å². The lowest BCUT2D eigenvalue weighted by molar-refractivity contribution is -0.146. The Labute approximate surface area is 110 Å². The average Bonchev–Trinajstić information content (AvgIpc) is 2.38. The lowest BCUT2D eigenvalue weighted by Gasteiger charge is -2.22. The number of methoxy groups -OCH3 is 1. The maximum absolute atomic E-state index is 13.2. The van der Waals surface area contributed by atoms with Gasteiger partial charge in [0.1, 0.15) is 17.5 Å². The van der Waals surface area contributed by atoms with Gasteiger partial charge in [-0.3, -0.25) is 9.59 Å². The molecule has 1 N–H and O–H groups in total. The summed E-state index contributed by atoms with van der Waals surface area (Å²) in [6, 6.07) is 3.72. The molecule has 1 aromatic carbocycles. The largest absolute Gasteiger partial charge is 0.495 e. The molecular weight excluding hydrogens is 253 g/mol. The minimum atomic E-state index is -1.20. The van der Waals surface area contributed by atoms with Gasteiger partial charge in [0.25, 0.3) is 0 Å². The van der Waals surface area contributed by atoms with E-state index in [0.29, 0.717) is 5.75 Å². The van der Waals surface area contributed by atoms with E-state index in [1.807, 2.05) is 0 Å². The number of nitrogens with zero attached hydrogens (tertiary/aromatic N) is 1. The Bertz CT molecular complexity index is 490. The van der Waals surface area contributed by atoms with Crippen molar-refractivity contribution in [1.29, 1.82) is 0 Å². The van der Waals surface area contributed by atoms with Gasteiger partial charge in [-0.2, -0.15) is 0 Å². The Morgan fingerprint density at radius 3 is 2.58 bits per heavy atom. The zero-order valence-electron chi connectivity index (χ0n) is 11.0. The van der Waals surface area contributed by atoms with Crippen LogP contribution < -0.4 is 9.64 Å². The third kappa shape index (κ3) is 3.21. The van der Waals surface area contributed by atoms with Gasteiger partial charge in [0.05, 0.1) is 12.8 Å². The van der Waals surface area contributed by atoms with E-state index in [-0.39, 0.29) is 12.1 Å². The van der Waals surface area contributed by atoms with E-state index in [1.165, 1.54) is 26.3 Å². The quantitative estimate of drug-likeness (QED) is 0.829. The second-order valence-corrected chi connectivity index (χ2v) is 4.01. The second kappa shape index (κ2) is 6.17. The normalized spacial score (nSPS) is 11.8. The van der Waals surface area contributed by atoms with Crippen LogP contribution in [0.2, 0.25) is 0 Å². The summed E-state index contributed by atoms with van der Waals surface area (Å²) in [6.45, 7) is 1.60. The first-order valence-corrected chi connectivity index (χ1v) is 5.76. The van der Waals surface area contributed by atoms with Crippen LogP contribution in [0.4, 0.5) is 10.1 Å². The van der Waals surface area contributed by atoms with Gasteiger partial charge in [0.15, 0.2) is 0 Å². The molecule has 1 amide bonds. The molecule has 0 aromatic heterocycles. The number of hydrogen-bond acceptors (Lipinski definition) is 3. The van der Waals surface area contributed by atoms with Crippen molar-refractivity contribution < 1.29 is 23.8 Å². The average molecular weight is 269 g/mol. The molecule has 0 fully saturated rings. The highest BCUT2D eigenvalue weighted by molar-refractivity contribution is 6.05. The molecule has 0 heterocycles. The number of carbonyl (C=O) groups excluding carboxylic acids is 1. The molecule has 0 saturated carbocycles. The number of carbonyl (C=O) groups is 2. The minimum Gasteiger partial charge on any atom is -0.495 e. The predicted octanol–water partition coefficient (Wildman–Crippen LogP) is 1.91. The second-order valence-electron chi connectivity index (χ2n) is 4.01. The molecule has 19 heavy (non-hydrogen) atoms. The van der Waals surface area contributed by atoms with Crippen LogP contribution in [-0.2, 0) is 9.59 Å². The number of amides is 1. The Morgan fingerprint density at radius 2 is 2.11 bits per heavy atom. The summed E-state index contributed by atoms with van der Waals surface area (Å²) >= 11 is 0. The first kappa shape index (κ1) is 14.9. The van der Waals surface area contributed by atoms with E-state index in [9.17, 15) is 14.0 Å². The fourth-order valence-electron chi connectivity index (χ4n) is 1.73. The Kier molecular flexibility index (Phi) is 4.86. The number of rotatable bonds is 5. The van der Waals surface area contributed by atoms with Crippen molar-refractivity contribution in [1.82, 2.24) is 0 Å². The van der Waals surface area contributed by atoms with E-state index in [0.717, 1.165) is 11.0 Å². The fraction of sp³-hybridized carbons (Fsp3) is 0.385. The molecule has 5 nitrogen and oxygen atoms in total. The number of hydrogen-bond donors (Lipinski definition) is 1. The van der Waals surface area contributed by atoms with Gasteiger partial charge in [-0.25, -0.2) is 4.39 Å². The van der Waals surface area contributed by atoms with Crippen molar-refractivity contribution in [2.45, 2.75) is 13.3 Å². The van der Waals surface area contributed by atoms with Crippen LogP contribution in [0.25, 0.3) is 0 Å². The highest BCUT2D eigenvalue weighted by atomic mass is 19.1. The van der Waals surface area contributed by atoms with Crippen molar-refractivity contribution in [2.24, 2.45) is 5.92 Å². The highest BCUT2D eigenvalue weighted by Crippen LogP contribution is 2.29. The van der Waals surface area contributed by atoms with Crippen molar-refractivity contribution in [3.8, 4) is 5.75 Å². The number of aliphatic carboxylic acids is 1. The third-order valence-electron chi connectivity index (χ3n) is 2.84. The van der Waals surface area contributed by atoms with Crippen molar-refractivity contribution >= 4 is 17.6 Å². The van der Waals surface area contributed by atoms with Crippen LogP contribution in [0.1, 0.15) is 13.3 Å². The van der Waals surface area contributed by atoms with Gasteiger partial charge in [0, 0.05) is 13.1 Å². The molecule has 6 heteroatoms. The highest BCUT2D eigenvalue weighted by Gasteiger charge is 2.29. The van der Waals surface area contributed by atoms with E-state index in [4.69, 9.17) is 9.84 Å². The summed E-state index contributed by atoms with van der Waals surface area (Å²) in [4.78, 5) is 24.1. The predicted molar refractivity (Wildman–Crippen MR) is 67.8 cm³/mol. The van der Waals surface area contributed by atoms with Crippen LogP contribution in [0.5, 0.6) is 5.75 Å². The SMILES string of the molecule is CCC(C(=O)O)C(=O)N(C)c1cc(F)ccc1OC. The van der Waals surface area contributed by atoms with Crippen molar-refractivity contribution in [2.75, 3.05) is 19.1 Å². The summed E-state index contributed by atoms with van der Waals surface area (Å²) in [5.74, 6) is -3.19. The number of anilines is 1. The summed E-state index contributed by atoms with van der Waals surface area (Å²) in [5.41, 5.74) is 0.201. The van der Waals surface area contributed by atoms with E-state index < -0.39 is 23.6 Å². The lowest BCUT2D eigenvalue weighted by Crippen LogP contribution is -2.36. The van der Waals surface area contributed by atoms with Gasteiger partial charge in [-0.1, -0.05) is 6.92 Å². The van der Waals surface area contributed by atoms with Gasteiger partial charge >= 0.3 is 5.97 Å². The molecule has 0 aliphatic rings. The summed E-state index contributed by atoms with van der Waals surface area (Å²) in [6.07, 6.45) is 0.163. The molecule has 0 aliphatic carbocycles. The fourth-order valence-corrected chi connectivity index (χ4v) is 1.73. The van der Waals surface area contributed by atoms with Crippen molar-refractivity contribution in [3.05, 3.63) is 24.0 Å². The maximum Gasteiger partial charge on any atom is 0.316 e. The Morgan fingerprint density at radius 1 is 1.47 bits per heavy atom. The Hall–Kier alpha value is -2.11. The molecule has 1 rings (SSSR count). The number of benzene rings is 1. The van der Waals surface area contributed by atoms with Crippen LogP contribution in [0, 0.1) is 11.7 Å². The van der Waals surface area contributed by atoms with Crippen LogP contribution in [0.15, 0.2) is 18.2 Å². The van der Waals surface area contributed by atoms with E-state index in [2.05, 4.69) is 0 Å². The first-order chi connectivity index (χ1) is 8.92. The lowest BCUT2D eigenvalue weighted by atomic mass is 10.1. The van der Waals surface area contributed by atoms with Crippen LogP contribution in [-0.4, -0.2) is 31.1 Å². The number of carboxylic acids is 1. The third-order valence-corrected chi connectivity index (χ3v) is 2.84. The standard InChI is InChI=1S/C13H16FNO4/c1-4-9(13(17)18)12(16)15(2)10-7-8(14)5-6-11(10)19-3/h5-7,9H,4H2,1-3H3,(H,17,18). The smallest absolute Gasteiger partial charge is 0.316 e. The molecule has 0 spiro atoms. The van der Waals surface area contributed by atoms with E-state index >= 15 is 0 Å². The maximum atomic E-state index is 13.2. The number of halogens is 1. The molecule has 1 aromatic rings.